The van der Waals surface area contributed by atoms with Crippen LogP contribution in [-0.2, 0) is 16.8 Å². The number of nitrogens with zero attached hydrogens (tertiary/aromatic N) is 2. The molecule has 5 heteroatoms. The normalized spacial score (nSPS) is 21.0. The molecule has 0 unspecified atom stereocenters. The van der Waals surface area contributed by atoms with E-state index in [1.165, 1.54) is 5.56 Å². The Bertz CT molecular complexity index is 1160. The number of para-hydroxylation sites is 1. The maximum Gasteiger partial charge on any atom is 0.265 e. The van der Waals surface area contributed by atoms with Crippen LogP contribution >= 0.6 is 0 Å². The van der Waals surface area contributed by atoms with Gasteiger partial charge in [-0.2, -0.15) is 0 Å². The van der Waals surface area contributed by atoms with Crippen molar-refractivity contribution in [2.24, 2.45) is 5.92 Å². The van der Waals surface area contributed by atoms with Gasteiger partial charge in [-0.1, -0.05) is 78.9 Å². The molecule has 1 amide bonds. The van der Waals surface area contributed by atoms with Crippen LogP contribution < -0.4 is 4.90 Å². The molecule has 0 aliphatic carbocycles. The molecule has 1 atom stereocenters. The fourth-order valence-electron chi connectivity index (χ4n) is 5.26. The van der Waals surface area contributed by atoms with E-state index < -0.39 is 11.5 Å². The Hall–Kier alpha value is -3.28. The SMILES string of the molecule is O=C(C[C@@]1(O)C(=O)N(CN2CCC(Cc3ccccc3)CC2)c2ccccc21)c1ccccc1. The highest BCUT2D eigenvalue weighted by Gasteiger charge is 2.51. The second-order valence-corrected chi connectivity index (χ2v) is 9.47. The quantitative estimate of drug-likeness (QED) is 0.538. The summed E-state index contributed by atoms with van der Waals surface area (Å²) in [6, 6.07) is 26.7. The number of piperidine rings is 1. The van der Waals surface area contributed by atoms with Crippen molar-refractivity contribution in [3.63, 3.8) is 0 Å². The molecule has 0 saturated carbocycles. The first kappa shape index (κ1) is 22.5. The molecule has 2 aliphatic rings. The van der Waals surface area contributed by atoms with E-state index in [1.54, 1.807) is 35.2 Å². The van der Waals surface area contributed by atoms with Crippen LogP contribution in [0, 0.1) is 5.92 Å². The smallest absolute Gasteiger partial charge is 0.265 e. The van der Waals surface area contributed by atoms with Crippen molar-refractivity contribution in [1.29, 1.82) is 0 Å². The van der Waals surface area contributed by atoms with E-state index in [2.05, 4.69) is 29.2 Å². The largest absolute Gasteiger partial charge is 0.375 e. The van der Waals surface area contributed by atoms with Crippen molar-refractivity contribution < 1.29 is 14.7 Å². The maximum atomic E-state index is 13.5. The first-order valence-corrected chi connectivity index (χ1v) is 12.0. The molecule has 1 saturated heterocycles. The lowest BCUT2D eigenvalue weighted by atomic mass is 9.88. The number of hydrogen-bond donors (Lipinski definition) is 1. The summed E-state index contributed by atoms with van der Waals surface area (Å²) >= 11 is 0. The van der Waals surface area contributed by atoms with Crippen LogP contribution in [0.2, 0.25) is 0 Å². The molecule has 2 heterocycles. The van der Waals surface area contributed by atoms with Crippen LogP contribution in [0.25, 0.3) is 0 Å². The third-order valence-electron chi connectivity index (χ3n) is 7.17. The topological polar surface area (TPSA) is 60.9 Å². The number of carbonyl (C=O) groups excluding carboxylic acids is 2. The Labute approximate surface area is 200 Å². The zero-order valence-electron chi connectivity index (χ0n) is 19.3. The van der Waals surface area contributed by atoms with Crippen molar-refractivity contribution in [2.45, 2.75) is 31.3 Å². The lowest BCUT2D eigenvalue weighted by molar-refractivity contribution is -0.136. The van der Waals surface area contributed by atoms with E-state index in [4.69, 9.17) is 0 Å². The van der Waals surface area contributed by atoms with Crippen molar-refractivity contribution in [3.8, 4) is 0 Å². The monoisotopic (exact) mass is 454 g/mol. The van der Waals surface area contributed by atoms with Crippen LogP contribution in [0.5, 0.6) is 0 Å². The number of benzene rings is 3. The number of ketones is 1. The summed E-state index contributed by atoms with van der Waals surface area (Å²) in [5, 5.41) is 11.5. The molecule has 0 aromatic heterocycles. The molecule has 5 nitrogen and oxygen atoms in total. The van der Waals surface area contributed by atoms with Crippen molar-refractivity contribution in [3.05, 3.63) is 102 Å². The zero-order chi connectivity index (χ0) is 23.5. The number of fused-ring (bicyclic) bond motifs is 1. The molecule has 5 rings (SSSR count). The summed E-state index contributed by atoms with van der Waals surface area (Å²) in [6.07, 6.45) is 2.98. The molecule has 34 heavy (non-hydrogen) atoms. The van der Waals surface area contributed by atoms with Crippen LogP contribution in [0.15, 0.2) is 84.9 Å². The van der Waals surface area contributed by atoms with Gasteiger partial charge < -0.3 is 5.11 Å². The Morgan fingerprint density at radius 2 is 1.50 bits per heavy atom. The van der Waals surface area contributed by atoms with Gasteiger partial charge in [0.25, 0.3) is 5.91 Å². The number of carbonyl (C=O) groups is 2. The molecule has 3 aromatic rings. The first-order valence-electron chi connectivity index (χ1n) is 12.0. The predicted molar refractivity (Wildman–Crippen MR) is 133 cm³/mol. The second kappa shape index (κ2) is 9.53. The van der Waals surface area contributed by atoms with Gasteiger partial charge in [0.2, 0.25) is 0 Å². The molecule has 1 N–H and O–H groups in total. The van der Waals surface area contributed by atoms with E-state index >= 15 is 0 Å². The summed E-state index contributed by atoms with van der Waals surface area (Å²) in [4.78, 5) is 30.4. The van der Waals surface area contributed by atoms with Gasteiger partial charge in [0.05, 0.1) is 18.8 Å². The van der Waals surface area contributed by atoms with Gasteiger partial charge in [-0.15, -0.1) is 0 Å². The molecule has 0 radical (unpaired) electrons. The molecule has 0 bridgehead atoms. The minimum absolute atomic E-state index is 0.241. The molecule has 1 fully saturated rings. The summed E-state index contributed by atoms with van der Waals surface area (Å²) in [7, 11) is 0. The van der Waals surface area contributed by atoms with Crippen LogP contribution in [0.4, 0.5) is 5.69 Å². The van der Waals surface area contributed by atoms with Gasteiger partial charge in [0.1, 0.15) is 0 Å². The minimum atomic E-state index is -1.84. The number of anilines is 1. The number of rotatable bonds is 7. The van der Waals surface area contributed by atoms with Crippen LogP contribution in [0.1, 0.15) is 40.7 Å². The lowest BCUT2D eigenvalue weighted by Crippen LogP contribution is -2.48. The zero-order valence-corrected chi connectivity index (χ0v) is 19.3. The average Bonchev–Trinajstić information content (AvgIpc) is 3.08. The number of hydrogen-bond acceptors (Lipinski definition) is 4. The molecule has 2 aliphatic heterocycles. The van der Waals surface area contributed by atoms with Crippen LogP contribution in [-0.4, -0.2) is 41.5 Å². The summed E-state index contributed by atoms with van der Waals surface area (Å²) in [6.45, 7) is 2.24. The lowest BCUT2D eigenvalue weighted by Gasteiger charge is -2.35. The maximum absolute atomic E-state index is 13.5. The summed E-state index contributed by atoms with van der Waals surface area (Å²) in [5.41, 5.74) is 1.25. The third-order valence-corrected chi connectivity index (χ3v) is 7.17. The third kappa shape index (κ3) is 4.41. The first-order chi connectivity index (χ1) is 16.5. The number of aliphatic hydroxyl groups is 1. The Kier molecular flexibility index (Phi) is 6.31. The minimum Gasteiger partial charge on any atom is -0.375 e. The highest BCUT2D eigenvalue weighted by Crippen LogP contribution is 2.43. The van der Waals surface area contributed by atoms with E-state index in [9.17, 15) is 14.7 Å². The Morgan fingerprint density at radius 3 is 2.21 bits per heavy atom. The Balaban J connectivity index is 1.28. The van der Waals surface area contributed by atoms with Crippen molar-refractivity contribution in [2.75, 3.05) is 24.7 Å². The summed E-state index contributed by atoms with van der Waals surface area (Å²) < 4.78 is 0. The van der Waals surface area contributed by atoms with Gasteiger partial charge in [0, 0.05) is 24.2 Å². The highest BCUT2D eigenvalue weighted by molar-refractivity contribution is 6.10. The predicted octanol–water partition coefficient (Wildman–Crippen LogP) is 4.41. The van der Waals surface area contributed by atoms with Gasteiger partial charge >= 0.3 is 0 Å². The summed E-state index contributed by atoms with van der Waals surface area (Å²) in [5.74, 6) is -0.0140. The average molecular weight is 455 g/mol. The number of Topliss-reactive ketones (excluding diaryl/α,β-unsaturated/α-hetero) is 1. The van der Waals surface area contributed by atoms with Gasteiger partial charge in [-0.05, 0) is 36.8 Å². The van der Waals surface area contributed by atoms with Crippen LogP contribution in [0.3, 0.4) is 0 Å². The molecular weight excluding hydrogens is 424 g/mol. The van der Waals surface area contributed by atoms with E-state index in [0.29, 0.717) is 29.4 Å². The van der Waals surface area contributed by atoms with Gasteiger partial charge in [0.15, 0.2) is 11.4 Å². The molecule has 174 valence electrons. The van der Waals surface area contributed by atoms with E-state index in [1.807, 2.05) is 30.3 Å². The fraction of sp³-hybridized carbons (Fsp3) is 0.310. The Morgan fingerprint density at radius 1 is 0.882 bits per heavy atom. The molecule has 0 spiro atoms. The number of likely N-dealkylation sites (tertiary alicyclic amines) is 1. The van der Waals surface area contributed by atoms with E-state index in [0.717, 1.165) is 32.4 Å². The van der Waals surface area contributed by atoms with Gasteiger partial charge in [-0.25, -0.2) is 0 Å². The standard InChI is InChI=1S/C29H30N2O3/c32-27(24-11-5-2-6-12-24)20-29(34)25-13-7-8-14-26(25)31(28(29)33)21-30-17-15-23(16-18-30)19-22-9-3-1-4-10-22/h1-14,23,34H,15-21H2/t29-/m0/s1. The second-order valence-electron chi connectivity index (χ2n) is 9.47. The van der Waals surface area contributed by atoms with E-state index in [-0.39, 0.29) is 12.2 Å². The van der Waals surface area contributed by atoms with Crippen molar-refractivity contribution >= 4 is 17.4 Å². The number of amides is 1. The van der Waals surface area contributed by atoms with Crippen molar-refractivity contribution in [1.82, 2.24) is 4.90 Å². The molecular formula is C29H30N2O3. The molecule has 3 aromatic carbocycles. The van der Waals surface area contributed by atoms with Gasteiger partial charge in [-0.3, -0.25) is 19.4 Å². The fourth-order valence-corrected chi connectivity index (χ4v) is 5.26. The highest BCUT2D eigenvalue weighted by atomic mass is 16.3.